The molecule has 104 valence electrons. The van der Waals surface area contributed by atoms with Crippen LogP contribution in [0.3, 0.4) is 0 Å². The van der Waals surface area contributed by atoms with Crippen LogP contribution in [-0.2, 0) is 16.4 Å². The van der Waals surface area contributed by atoms with Gasteiger partial charge < -0.3 is 5.32 Å². The van der Waals surface area contributed by atoms with Gasteiger partial charge in [-0.05, 0) is 30.2 Å². The fourth-order valence-electron chi connectivity index (χ4n) is 2.10. The molecule has 0 bridgehead atoms. The van der Waals surface area contributed by atoms with Gasteiger partial charge >= 0.3 is 0 Å². The van der Waals surface area contributed by atoms with Gasteiger partial charge in [-0.15, -0.1) is 0 Å². The van der Waals surface area contributed by atoms with Crippen LogP contribution in [0.4, 0.5) is 15.8 Å². The molecular weight excluding hydrogens is 281 g/mol. The van der Waals surface area contributed by atoms with Crippen molar-refractivity contribution in [3.8, 4) is 0 Å². The maximum atomic E-state index is 13.5. The van der Waals surface area contributed by atoms with Gasteiger partial charge in [0.25, 0.3) is 10.0 Å². The van der Waals surface area contributed by atoms with Crippen LogP contribution < -0.4 is 10.0 Å². The van der Waals surface area contributed by atoms with Gasteiger partial charge in [0, 0.05) is 18.4 Å². The first-order chi connectivity index (χ1) is 9.56. The zero-order chi connectivity index (χ0) is 14.2. The Hall–Kier alpha value is -2.15. The number of pyridine rings is 1. The lowest BCUT2D eigenvalue weighted by atomic mass is 10.2. The summed E-state index contributed by atoms with van der Waals surface area (Å²) >= 11 is 0. The van der Waals surface area contributed by atoms with Crippen LogP contribution in [0.5, 0.6) is 0 Å². The van der Waals surface area contributed by atoms with E-state index < -0.39 is 15.8 Å². The predicted molar refractivity (Wildman–Crippen MR) is 73.6 cm³/mol. The van der Waals surface area contributed by atoms with Gasteiger partial charge in [0.15, 0.2) is 5.82 Å². The molecule has 0 radical (unpaired) electrons. The molecule has 2 N–H and O–H groups in total. The van der Waals surface area contributed by atoms with Crippen molar-refractivity contribution in [3.05, 3.63) is 48.0 Å². The van der Waals surface area contributed by atoms with E-state index >= 15 is 0 Å². The Morgan fingerprint density at radius 1 is 1.30 bits per heavy atom. The third-order valence-corrected chi connectivity index (χ3v) is 4.48. The normalized spacial score (nSPS) is 13.7. The van der Waals surface area contributed by atoms with Crippen LogP contribution in [0, 0.1) is 5.82 Å². The number of nitrogens with one attached hydrogen (secondary N) is 2. The summed E-state index contributed by atoms with van der Waals surface area (Å²) in [5.74, 6) is -0.713. The van der Waals surface area contributed by atoms with Gasteiger partial charge in [-0.2, -0.15) is 0 Å². The van der Waals surface area contributed by atoms with Crippen LogP contribution >= 0.6 is 0 Å². The Bertz CT molecular complexity index is 762. The topological polar surface area (TPSA) is 71.1 Å². The van der Waals surface area contributed by atoms with Crippen LogP contribution in [0.1, 0.15) is 5.56 Å². The number of nitrogens with zero attached hydrogens (tertiary/aromatic N) is 1. The Kier molecular flexibility index (Phi) is 3.06. The first kappa shape index (κ1) is 12.9. The molecule has 1 aromatic heterocycles. The largest absolute Gasteiger partial charge is 0.384 e. The smallest absolute Gasteiger partial charge is 0.262 e. The molecule has 3 rings (SSSR count). The van der Waals surface area contributed by atoms with Gasteiger partial charge in [-0.3, -0.25) is 9.71 Å². The van der Waals surface area contributed by atoms with Crippen LogP contribution in [0.2, 0.25) is 0 Å². The summed E-state index contributed by atoms with van der Waals surface area (Å²) in [6.07, 6.45) is 3.16. The Morgan fingerprint density at radius 2 is 2.15 bits per heavy atom. The number of fused-ring (bicyclic) bond motifs is 1. The average molecular weight is 293 g/mol. The van der Waals surface area contributed by atoms with E-state index in [-0.39, 0.29) is 10.6 Å². The van der Waals surface area contributed by atoms with Gasteiger partial charge in [-0.25, -0.2) is 12.8 Å². The van der Waals surface area contributed by atoms with E-state index in [9.17, 15) is 12.8 Å². The highest BCUT2D eigenvalue weighted by atomic mass is 32.2. The third kappa shape index (κ3) is 2.32. The van der Waals surface area contributed by atoms with Crippen molar-refractivity contribution in [2.75, 3.05) is 16.6 Å². The summed E-state index contributed by atoms with van der Waals surface area (Å²) < 4.78 is 40.1. The summed E-state index contributed by atoms with van der Waals surface area (Å²) in [7, 11) is -3.82. The minimum atomic E-state index is -3.82. The van der Waals surface area contributed by atoms with E-state index in [1.807, 2.05) is 0 Å². The lowest BCUT2D eigenvalue weighted by molar-refractivity contribution is 0.598. The fourth-order valence-corrected chi connectivity index (χ4v) is 3.19. The Labute approximate surface area is 115 Å². The van der Waals surface area contributed by atoms with Crippen molar-refractivity contribution in [1.82, 2.24) is 4.98 Å². The number of hydrogen-bond acceptors (Lipinski definition) is 4. The van der Waals surface area contributed by atoms with E-state index in [1.165, 1.54) is 18.3 Å². The summed E-state index contributed by atoms with van der Waals surface area (Å²) in [5.41, 5.74) is 1.77. The average Bonchev–Trinajstić information content (AvgIpc) is 2.88. The van der Waals surface area contributed by atoms with Crippen molar-refractivity contribution in [2.24, 2.45) is 0 Å². The molecule has 1 aliphatic rings. The summed E-state index contributed by atoms with van der Waals surface area (Å²) in [4.78, 5) is 3.67. The van der Waals surface area contributed by atoms with E-state index in [0.29, 0.717) is 0 Å². The summed E-state index contributed by atoms with van der Waals surface area (Å²) in [6, 6.07) is 6.13. The monoisotopic (exact) mass is 293 g/mol. The van der Waals surface area contributed by atoms with Crippen molar-refractivity contribution in [2.45, 2.75) is 11.3 Å². The Balaban J connectivity index is 1.94. The van der Waals surface area contributed by atoms with E-state index in [4.69, 9.17) is 0 Å². The zero-order valence-corrected chi connectivity index (χ0v) is 11.2. The van der Waals surface area contributed by atoms with Crippen molar-refractivity contribution in [1.29, 1.82) is 0 Å². The summed E-state index contributed by atoms with van der Waals surface area (Å²) in [5, 5.41) is 3.11. The number of anilines is 2. The molecule has 0 unspecified atom stereocenters. The maximum absolute atomic E-state index is 13.5. The van der Waals surface area contributed by atoms with Crippen molar-refractivity contribution < 1.29 is 12.8 Å². The van der Waals surface area contributed by atoms with E-state index in [0.717, 1.165) is 30.4 Å². The molecule has 0 saturated heterocycles. The van der Waals surface area contributed by atoms with Gasteiger partial charge in [-0.1, -0.05) is 6.07 Å². The molecular formula is C13H12FN3O2S. The molecule has 0 saturated carbocycles. The molecule has 1 aliphatic heterocycles. The number of hydrogen-bond donors (Lipinski definition) is 2. The minimum absolute atomic E-state index is 0.0989. The number of halogens is 1. The molecule has 20 heavy (non-hydrogen) atoms. The molecule has 7 heteroatoms. The van der Waals surface area contributed by atoms with Crippen LogP contribution in [0.15, 0.2) is 41.6 Å². The van der Waals surface area contributed by atoms with Gasteiger partial charge in [0.05, 0.1) is 16.8 Å². The minimum Gasteiger partial charge on any atom is -0.384 e. The van der Waals surface area contributed by atoms with Gasteiger partial charge in [0.2, 0.25) is 0 Å². The molecule has 0 fully saturated rings. The number of aromatic nitrogens is 1. The molecule has 0 spiro atoms. The van der Waals surface area contributed by atoms with E-state index in [1.54, 1.807) is 12.1 Å². The molecule has 2 heterocycles. The third-order valence-electron chi connectivity index (χ3n) is 3.12. The highest BCUT2D eigenvalue weighted by molar-refractivity contribution is 7.92. The van der Waals surface area contributed by atoms with E-state index in [2.05, 4.69) is 15.0 Å². The molecule has 1 aromatic carbocycles. The number of sulfonamides is 1. The lowest BCUT2D eigenvalue weighted by Gasteiger charge is -2.10. The first-order valence-electron chi connectivity index (χ1n) is 6.05. The summed E-state index contributed by atoms with van der Waals surface area (Å²) in [6.45, 7) is 0.797. The molecule has 0 atom stereocenters. The standard InChI is InChI=1S/C13H12FN3O2S/c14-11-8-15-5-4-12(11)17-20(18,19)10-2-1-9-3-6-16-13(9)7-10/h1-2,4-5,7-8,16H,3,6H2,(H,15,17). The first-order valence-corrected chi connectivity index (χ1v) is 7.54. The quantitative estimate of drug-likeness (QED) is 0.908. The highest BCUT2D eigenvalue weighted by Crippen LogP contribution is 2.26. The SMILES string of the molecule is O=S(=O)(Nc1ccncc1F)c1ccc2c(c1)NCC2. The molecule has 2 aromatic rings. The number of rotatable bonds is 3. The molecule has 0 amide bonds. The Morgan fingerprint density at radius 3 is 2.95 bits per heavy atom. The second-order valence-electron chi connectivity index (χ2n) is 4.46. The highest BCUT2D eigenvalue weighted by Gasteiger charge is 2.19. The predicted octanol–water partition coefficient (Wildman–Crippen LogP) is 1.99. The van der Waals surface area contributed by atoms with Crippen molar-refractivity contribution in [3.63, 3.8) is 0 Å². The lowest BCUT2D eigenvalue weighted by Crippen LogP contribution is -2.14. The molecule has 0 aliphatic carbocycles. The zero-order valence-electron chi connectivity index (χ0n) is 10.4. The van der Waals surface area contributed by atoms with Crippen LogP contribution in [0.25, 0.3) is 0 Å². The van der Waals surface area contributed by atoms with Crippen LogP contribution in [-0.4, -0.2) is 19.9 Å². The number of benzene rings is 1. The van der Waals surface area contributed by atoms with Crippen molar-refractivity contribution >= 4 is 21.4 Å². The second-order valence-corrected chi connectivity index (χ2v) is 6.14. The second kappa shape index (κ2) is 4.75. The maximum Gasteiger partial charge on any atom is 0.262 e. The van der Waals surface area contributed by atoms with Gasteiger partial charge in [0.1, 0.15) is 0 Å². The molecule has 5 nitrogen and oxygen atoms in total. The fraction of sp³-hybridized carbons (Fsp3) is 0.154.